The summed E-state index contributed by atoms with van der Waals surface area (Å²) in [5, 5.41) is 8.04. The molecule has 0 fully saturated rings. The van der Waals surface area contributed by atoms with Crippen molar-refractivity contribution in [3.63, 3.8) is 0 Å². The maximum absolute atomic E-state index is 12.1. The van der Waals surface area contributed by atoms with E-state index in [0.29, 0.717) is 5.69 Å². The molecule has 2 heterocycles. The van der Waals surface area contributed by atoms with Gasteiger partial charge in [-0.25, -0.2) is 4.98 Å². The van der Waals surface area contributed by atoms with Crippen molar-refractivity contribution in [3.05, 3.63) is 18.0 Å². The Bertz CT molecular complexity index is 653. The summed E-state index contributed by atoms with van der Waals surface area (Å²) in [6, 6.07) is 1.30. The first kappa shape index (κ1) is 14.5. The molecule has 0 radical (unpaired) electrons. The average molecular weight is 275 g/mol. The van der Waals surface area contributed by atoms with Crippen LogP contribution < -0.4 is 11.1 Å². The van der Waals surface area contributed by atoms with Gasteiger partial charge in [-0.15, -0.1) is 0 Å². The Kier molecular flexibility index (Phi) is 3.52. The van der Waals surface area contributed by atoms with Crippen molar-refractivity contribution in [2.75, 3.05) is 5.32 Å². The highest BCUT2D eigenvalue weighted by Gasteiger charge is 2.27. The summed E-state index contributed by atoms with van der Waals surface area (Å²) in [6.45, 7) is 7.72. The van der Waals surface area contributed by atoms with Crippen LogP contribution in [0.5, 0.6) is 0 Å². The number of rotatable bonds is 2. The minimum absolute atomic E-state index is 0.208. The molecule has 0 saturated heterocycles. The van der Waals surface area contributed by atoms with Crippen LogP contribution in [-0.2, 0) is 11.8 Å². The Balaban J connectivity index is 2.27. The van der Waals surface area contributed by atoms with Crippen molar-refractivity contribution in [2.24, 2.45) is 18.2 Å². The Morgan fingerprint density at radius 3 is 2.70 bits per heavy atom. The van der Waals surface area contributed by atoms with Gasteiger partial charge in [-0.3, -0.25) is 9.48 Å². The highest BCUT2D eigenvalue weighted by molar-refractivity contribution is 5.96. The third-order valence-corrected chi connectivity index (χ3v) is 3.35. The van der Waals surface area contributed by atoms with Crippen LogP contribution in [0.25, 0.3) is 11.0 Å². The molecule has 6 nitrogen and oxygen atoms in total. The van der Waals surface area contributed by atoms with Crippen LogP contribution in [0.1, 0.15) is 26.5 Å². The molecule has 0 unspecified atom stereocenters. The SMILES string of the molecule is Cc1nn(C)c2ncc(NC(=O)[C@@H](N)C(C)(C)C)cc12. The molecule has 6 heteroatoms. The topological polar surface area (TPSA) is 85.8 Å². The number of nitrogens with zero attached hydrogens (tertiary/aromatic N) is 3. The standard InChI is InChI=1S/C14H21N5O/c1-8-10-6-9(7-16-12(10)19(5)18-8)17-13(20)11(15)14(2,3)4/h6-7,11H,15H2,1-5H3,(H,17,20)/t11-/m1/s1. The van der Waals surface area contributed by atoms with Crippen LogP contribution >= 0.6 is 0 Å². The van der Waals surface area contributed by atoms with Crippen molar-refractivity contribution in [2.45, 2.75) is 33.7 Å². The van der Waals surface area contributed by atoms with Crippen molar-refractivity contribution in [1.29, 1.82) is 0 Å². The fourth-order valence-electron chi connectivity index (χ4n) is 1.99. The summed E-state index contributed by atoms with van der Waals surface area (Å²) in [6.07, 6.45) is 1.62. The van der Waals surface area contributed by atoms with E-state index in [1.54, 1.807) is 10.9 Å². The lowest BCUT2D eigenvalue weighted by Gasteiger charge is -2.25. The van der Waals surface area contributed by atoms with Gasteiger partial charge in [0.2, 0.25) is 5.91 Å². The van der Waals surface area contributed by atoms with Gasteiger partial charge in [-0.2, -0.15) is 5.10 Å². The van der Waals surface area contributed by atoms with E-state index < -0.39 is 6.04 Å². The van der Waals surface area contributed by atoms with Crippen LogP contribution in [-0.4, -0.2) is 26.7 Å². The fourth-order valence-corrected chi connectivity index (χ4v) is 1.99. The number of nitrogens with one attached hydrogen (secondary N) is 1. The Labute approximate surface area is 118 Å². The number of pyridine rings is 1. The second-order valence-corrected chi connectivity index (χ2v) is 6.14. The van der Waals surface area contributed by atoms with Gasteiger partial charge in [0.05, 0.1) is 23.6 Å². The minimum atomic E-state index is -0.576. The lowest BCUT2D eigenvalue weighted by Crippen LogP contribution is -2.45. The molecule has 0 saturated carbocycles. The van der Waals surface area contributed by atoms with Crippen molar-refractivity contribution in [3.8, 4) is 0 Å². The van der Waals surface area contributed by atoms with Crippen LogP contribution in [0.3, 0.4) is 0 Å². The van der Waals surface area contributed by atoms with Crippen LogP contribution in [0.15, 0.2) is 12.3 Å². The van der Waals surface area contributed by atoms with Gasteiger partial charge >= 0.3 is 0 Å². The van der Waals surface area contributed by atoms with E-state index in [1.165, 1.54) is 0 Å². The highest BCUT2D eigenvalue weighted by atomic mass is 16.2. The summed E-state index contributed by atoms with van der Waals surface area (Å²) in [4.78, 5) is 16.4. The average Bonchev–Trinajstić information content (AvgIpc) is 2.62. The summed E-state index contributed by atoms with van der Waals surface area (Å²) in [5.74, 6) is -0.208. The Hall–Kier alpha value is -1.95. The van der Waals surface area contributed by atoms with E-state index in [0.717, 1.165) is 16.7 Å². The van der Waals surface area contributed by atoms with Crippen molar-refractivity contribution < 1.29 is 4.79 Å². The summed E-state index contributed by atoms with van der Waals surface area (Å²) < 4.78 is 1.72. The van der Waals surface area contributed by atoms with E-state index in [-0.39, 0.29) is 11.3 Å². The first-order valence-corrected chi connectivity index (χ1v) is 6.56. The zero-order chi connectivity index (χ0) is 15.1. The maximum Gasteiger partial charge on any atom is 0.241 e. The summed E-state index contributed by atoms with van der Waals surface area (Å²) >= 11 is 0. The number of hydrogen-bond acceptors (Lipinski definition) is 4. The number of aromatic nitrogens is 3. The number of carbonyl (C=O) groups excluding carboxylic acids is 1. The molecule has 2 aromatic heterocycles. The van der Waals surface area contributed by atoms with Gasteiger partial charge in [0.1, 0.15) is 0 Å². The van der Waals surface area contributed by atoms with Gasteiger partial charge in [-0.05, 0) is 18.4 Å². The van der Waals surface area contributed by atoms with Crippen LogP contribution in [0, 0.1) is 12.3 Å². The monoisotopic (exact) mass is 275 g/mol. The Morgan fingerprint density at radius 2 is 2.10 bits per heavy atom. The minimum Gasteiger partial charge on any atom is -0.323 e. The fraction of sp³-hybridized carbons (Fsp3) is 0.500. The lowest BCUT2D eigenvalue weighted by molar-refractivity contribution is -0.119. The maximum atomic E-state index is 12.1. The van der Waals surface area contributed by atoms with E-state index in [4.69, 9.17) is 5.73 Å². The van der Waals surface area contributed by atoms with Gasteiger partial charge in [-0.1, -0.05) is 20.8 Å². The number of anilines is 1. The molecule has 1 atom stereocenters. The summed E-state index contributed by atoms with van der Waals surface area (Å²) in [5.41, 5.74) is 7.96. The van der Waals surface area contributed by atoms with E-state index in [1.807, 2.05) is 40.8 Å². The molecule has 108 valence electrons. The molecule has 2 rings (SSSR count). The quantitative estimate of drug-likeness (QED) is 0.871. The second kappa shape index (κ2) is 4.86. The molecular formula is C14H21N5O. The van der Waals surface area contributed by atoms with Crippen LogP contribution in [0.2, 0.25) is 0 Å². The number of nitrogens with two attached hydrogens (primary N) is 1. The molecule has 0 spiro atoms. The molecule has 20 heavy (non-hydrogen) atoms. The molecule has 0 aliphatic heterocycles. The van der Waals surface area contributed by atoms with Crippen LogP contribution in [0.4, 0.5) is 5.69 Å². The first-order valence-electron chi connectivity index (χ1n) is 6.56. The van der Waals surface area contributed by atoms with Gasteiger partial charge < -0.3 is 11.1 Å². The smallest absolute Gasteiger partial charge is 0.241 e. The van der Waals surface area contributed by atoms with Gasteiger partial charge in [0.25, 0.3) is 0 Å². The van der Waals surface area contributed by atoms with Crippen molar-refractivity contribution in [1.82, 2.24) is 14.8 Å². The third kappa shape index (κ3) is 2.65. The number of aryl methyl sites for hydroxylation is 2. The summed E-state index contributed by atoms with van der Waals surface area (Å²) in [7, 11) is 1.84. The zero-order valence-electron chi connectivity index (χ0n) is 12.6. The molecule has 0 aliphatic rings. The molecule has 1 amide bonds. The van der Waals surface area contributed by atoms with Gasteiger partial charge in [0.15, 0.2) is 5.65 Å². The molecule has 0 aromatic carbocycles. The Morgan fingerprint density at radius 1 is 1.45 bits per heavy atom. The van der Waals surface area contributed by atoms with E-state index >= 15 is 0 Å². The number of carbonyl (C=O) groups is 1. The lowest BCUT2D eigenvalue weighted by atomic mass is 9.87. The zero-order valence-corrected chi connectivity index (χ0v) is 12.6. The molecular weight excluding hydrogens is 254 g/mol. The highest BCUT2D eigenvalue weighted by Crippen LogP contribution is 2.21. The number of amides is 1. The molecule has 3 N–H and O–H groups in total. The number of fused-ring (bicyclic) bond motifs is 1. The first-order chi connectivity index (χ1) is 9.20. The molecule has 2 aromatic rings. The van der Waals surface area contributed by atoms with Gasteiger partial charge in [0, 0.05) is 12.4 Å². The predicted octanol–water partition coefficient (Wildman–Crippen LogP) is 1.59. The second-order valence-electron chi connectivity index (χ2n) is 6.14. The van der Waals surface area contributed by atoms with E-state index in [2.05, 4.69) is 15.4 Å². The normalized spacial score (nSPS) is 13.5. The number of hydrogen-bond donors (Lipinski definition) is 2. The third-order valence-electron chi connectivity index (χ3n) is 3.35. The molecule has 0 aliphatic carbocycles. The predicted molar refractivity (Wildman–Crippen MR) is 79.3 cm³/mol. The van der Waals surface area contributed by atoms with Crippen molar-refractivity contribution >= 4 is 22.6 Å². The van der Waals surface area contributed by atoms with E-state index in [9.17, 15) is 4.79 Å². The molecule has 0 bridgehead atoms. The largest absolute Gasteiger partial charge is 0.323 e.